The minimum atomic E-state index is -0.959. The number of carbonyl (C=O) groups is 2. The predicted octanol–water partition coefficient (Wildman–Crippen LogP) is 2.36. The molecule has 6 heteroatoms. The van der Waals surface area contributed by atoms with Crippen molar-refractivity contribution in [2.75, 3.05) is 6.54 Å². The molecule has 104 valence electrons. The molecule has 1 amide bonds. The van der Waals surface area contributed by atoms with Crippen LogP contribution in [0.2, 0.25) is 0 Å². The number of hydrogen-bond acceptors (Lipinski definition) is 2. The summed E-state index contributed by atoms with van der Waals surface area (Å²) in [5.74, 6) is -2.23. The molecule has 1 aromatic carbocycles. The van der Waals surface area contributed by atoms with Gasteiger partial charge in [-0.3, -0.25) is 9.59 Å². The van der Waals surface area contributed by atoms with E-state index in [1.54, 1.807) is 12.1 Å². The quantitative estimate of drug-likeness (QED) is 0.840. The lowest BCUT2D eigenvalue weighted by molar-refractivity contribution is -0.141. The van der Waals surface area contributed by atoms with Crippen LogP contribution >= 0.6 is 15.9 Å². The average molecular weight is 332 g/mol. The fraction of sp³-hybridized carbons (Fsp3) is 0.385. The molecule has 1 rings (SSSR count). The van der Waals surface area contributed by atoms with E-state index in [4.69, 9.17) is 5.11 Å². The Hall–Kier alpha value is -1.43. The molecule has 1 atom stereocenters. The summed E-state index contributed by atoms with van der Waals surface area (Å²) in [5, 5.41) is 11.2. The molecule has 0 saturated heterocycles. The molecule has 0 spiro atoms. The molecule has 0 heterocycles. The fourth-order valence-corrected chi connectivity index (χ4v) is 1.75. The number of hydrogen-bond donors (Lipinski definition) is 2. The molecule has 2 N–H and O–H groups in total. The molecule has 0 bridgehead atoms. The standard InChI is InChI=1S/C13H15BrFNO3/c1-8(13(18)19)7-16-12(17)5-3-9-2-4-10(14)6-11(9)15/h2,4,6,8H,3,5,7H2,1H3,(H,16,17)(H,18,19). The lowest BCUT2D eigenvalue weighted by Gasteiger charge is -2.08. The summed E-state index contributed by atoms with van der Waals surface area (Å²) in [5.41, 5.74) is 0.463. The maximum Gasteiger partial charge on any atom is 0.308 e. The molecule has 4 nitrogen and oxygen atoms in total. The first-order valence-electron chi connectivity index (χ1n) is 5.83. The number of carboxylic acid groups (broad SMARTS) is 1. The van der Waals surface area contributed by atoms with Gasteiger partial charge in [-0.05, 0) is 24.1 Å². The first kappa shape index (κ1) is 15.6. The Morgan fingerprint density at radius 2 is 2.16 bits per heavy atom. The van der Waals surface area contributed by atoms with Crippen LogP contribution in [0, 0.1) is 11.7 Å². The maximum absolute atomic E-state index is 13.5. The van der Waals surface area contributed by atoms with E-state index in [1.165, 1.54) is 13.0 Å². The highest BCUT2D eigenvalue weighted by molar-refractivity contribution is 9.10. The van der Waals surface area contributed by atoms with Crippen molar-refractivity contribution in [1.29, 1.82) is 0 Å². The molecule has 0 aromatic heterocycles. The SMILES string of the molecule is CC(CNC(=O)CCc1ccc(Br)cc1F)C(=O)O. The van der Waals surface area contributed by atoms with Crippen molar-refractivity contribution in [2.45, 2.75) is 19.8 Å². The number of rotatable bonds is 6. The first-order valence-corrected chi connectivity index (χ1v) is 6.63. The van der Waals surface area contributed by atoms with Gasteiger partial charge in [0.2, 0.25) is 5.91 Å². The molecule has 0 aliphatic carbocycles. The monoisotopic (exact) mass is 331 g/mol. The van der Waals surface area contributed by atoms with Crippen LogP contribution in [0.3, 0.4) is 0 Å². The normalized spacial score (nSPS) is 11.9. The summed E-state index contributed by atoms with van der Waals surface area (Å²) in [6, 6.07) is 4.68. The maximum atomic E-state index is 13.5. The van der Waals surface area contributed by atoms with Gasteiger partial charge >= 0.3 is 5.97 Å². The number of carboxylic acids is 1. The Morgan fingerprint density at radius 1 is 1.47 bits per heavy atom. The van der Waals surface area contributed by atoms with Crippen molar-refractivity contribution < 1.29 is 19.1 Å². The van der Waals surface area contributed by atoms with Gasteiger partial charge in [0.25, 0.3) is 0 Å². The summed E-state index contributed by atoms with van der Waals surface area (Å²) < 4.78 is 14.1. The Labute approximate surface area is 119 Å². The van der Waals surface area contributed by atoms with E-state index in [-0.39, 0.29) is 31.1 Å². The lowest BCUT2D eigenvalue weighted by atomic mass is 10.1. The van der Waals surface area contributed by atoms with E-state index < -0.39 is 11.9 Å². The number of aliphatic carboxylic acids is 1. The third kappa shape index (κ3) is 5.38. The van der Waals surface area contributed by atoms with E-state index in [0.29, 0.717) is 10.0 Å². The van der Waals surface area contributed by atoms with Crippen LogP contribution < -0.4 is 5.32 Å². The van der Waals surface area contributed by atoms with E-state index >= 15 is 0 Å². The Kier molecular flexibility index (Phi) is 5.95. The number of halogens is 2. The summed E-state index contributed by atoms with van der Waals surface area (Å²) in [4.78, 5) is 22.0. The molecular formula is C13H15BrFNO3. The van der Waals surface area contributed by atoms with E-state index in [0.717, 1.165) is 0 Å². The van der Waals surface area contributed by atoms with Crippen LogP contribution in [0.25, 0.3) is 0 Å². The smallest absolute Gasteiger partial charge is 0.308 e. The van der Waals surface area contributed by atoms with Gasteiger partial charge in [-0.25, -0.2) is 4.39 Å². The Morgan fingerprint density at radius 3 is 2.74 bits per heavy atom. The van der Waals surface area contributed by atoms with Crippen molar-refractivity contribution in [3.8, 4) is 0 Å². The largest absolute Gasteiger partial charge is 0.481 e. The predicted molar refractivity (Wildman–Crippen MR) is 72.2 cm³/mol. The third-order valence-electron chi connectivity index (χ3n) is 2.66. The van der Waals surface area contributed by atoms with Gasteiger partial charge < -0.3 is 10.4 Å². The Balaban J connectivity index is 2.40. The van der Waals surface area contributed by atoms with Crippen molar-refractivity contribution >= 4 is 27.8 Å². The molecule has 1 aromatic rings. The van der Waals surface area contributed by atoms with Crippen LogP contribution in [0.1, 0.15) is 18.9 Å². The minimum Gasteiger partial charge on any atom is -0.481 e. The van der Waals surface area contributed by atoms with Gasteiger partial charge in [-0.2, -0.15) is 0 Å². The zero-order chi connectivity index (χ0) is 14.4. The third-order valence-corrected chi connectivity index (χ3v) is 3.16. The van der Waals surface area contributed by atoms with Crippen molar-refractivity contribution in [1.82, 2.24) is 5.32 Å². The molecule has 0 radical (unpaired) electrons. The number of carbonyl (C=O) groups excluding carboxylic acids is 1. The van der Waals surface area contributed by atoms with Crippen molar-refractivity contribution in [3.63, 3.8) is 0 Å². The highest BCUT2D eigenvalue weighted by Crippen LogP contribution is 2.16. The summed E-state index contributed by atoms with van der Waals surface area (Å²) in [7, 11) is 0. The van der Waals surface area contributed by atoms with E-state index in [2.05, 4.69) is 21.2 Å². The van der Waals surface area contributed by atoms with Gasteiger partial charge in [0.1, 0.15) is 5.82 Å². The summed E-state index contributed by atoms with van der Waals surface area (Å²) >= 11 is 3.16. The zero-order valence-electron chi connectivity index (χ0n) is 10.5. The van der Waals surface area contributed by atoms with Crippen molar-refractivity contribution in [3.05, 3.63) is 34.1 Å². The summed E-state index contributed by atoms with van der Waals surface area (Å²) in [6.07, 6.45) is 0.414. The second-order valence-electron chi connectivity index (χ2n) is 4.28. The van der Waals surface area contributed by atoms with Gasteiger partial charge in [0, 0.05) is 17.4 Å². The van der Waals surface area contributed by atoms with Crippen LogP contribution in [-0.2, 0) is 16.0 Å². The lowest BCUT2D eigenvalue weighted by Crippen LogP contribution is -2.31. The molecule has 0 aliphatic rings. The molecule has 0 fully saturated rings. The van der Waals surface area contributed by atoms with Gasteiger partial charge in [-0.1, -0.05) is 28.9 Å². The Bertz CT molecular complexity index is 479. The van der Waals surface area contributed by atoms with Gasteiger partial charge in [0.05, 0.1) is 5.92 Å². The van der Waals surface area contributed by atoms with E-state index in [1.807, 2.05) is 0 Å². The second-order valence-corrected chi connectivity index (χ2v) is 5.19. The van der Waals surface area contributed by atoms with Crippen LogP contribution in [0.4, 0.5) is 4.39 Å². The number of nitrogens with one attached hydrogen (secondary N) is 1. The minimum absolute atomic E-state index is 0.0803. The van der Waals surface area contributed by atoms with Crippen LogP contribution in [0.15, 0.2) is 22.7 Å². The molecule has 1 unspecified atom stereocenters. The van der Waals surface area contributed by atoms with Gasteiger partial charge in [0.15, 0.2) is 0 Å². The molecule has 19 heavy (non-hydrogen) atoms. The number of benzene rings is 1. The molecular weight excluding hydrogens is 317 g/mol. The zero-order valence-corrected chi connectivity index (χ0v) is 12.0. The average Bonchev–Trinajstić information content (AvgIpc) is 2.34. The van der Waals surface area contributed by atoms with Crippen LogP contribution in [-0.4, -0.2) is 23.5 Å². The first-order chi connectivity index (χ1) is 8.90. The van der Waals surface area contributed by atoms with Gasteiger partial charge in [-0.15, -0.1) is 0 Å². The number of aryl methyl sites for hydroxylation is 1. The summed E-state index contributed by atoms with van der Waals surface area (Å²) in [6.45, 7) is 1.59. The topological polar surface area (TPSA) is 66.4 Å². The molecule has 0 saturated carbocycles. The van der Waals surface area contributed by atoms with Crippen molar-refractivity contribution in [2.24, 2.45) is 5.92 Å². The highest BCUT2D eigenvalue weighted by Gasteiger charge is 2.12. The molecule has 0 aliphatic heterocycles. The second kappa shape index (κ2) is 7.23. The highest BCUT2D eigenvalue weighted by atomic mass is 79.9. The number of amides is 1. The van der Waals surface area contributed by atoms with E-state index in [9.17, 15) is 14.0 Å². The van der Waals surface area contributed by atoms with Crippen LogP contribution in [0.5, 0.6) is 0 Å². The fourth-order valence-electron chi connectivity index (χ4n) is 1.42.